The minimum atomic E-state index is 0.167. The molecule has 0 radical (unpaired) electrons. The molecule has 1 nitrogen and oxygen atoms in total. The lowest BCUT2D eigenvalue weighted by molar-refractivity contribution is 0.0917. The number of hydrogen-bond donors (Lipinski definition) is 0. The molecule has 1 unspecified atom stereocenters. The summed E-state index contributed by atoms with van der Waals surface area (Å²) >= 11 is 1.78. The predicted molar refractivity (Wildman–Crippen MR) is 79.7 cm³/mol. The first-order chi connectivity index (χ1) is 9.34. The maximum atomic E-state index is 12.4. The maximum Gasteiger partial charge on any atom is 0.167 e. The highest BCUT2D eigenvalue weighted by molar-refractivity contribution is 7.99. The zero-order chi connectivity index (χ0) is 13.1. The lowest BCUT2D eigenvalue weighted by Crippen LogP contribution is -2.24. The zero-order valence-electron chi connectivity index (χ0n) is 10.7. The van der Waals surface area contributed by atoms with Crippen LogP contribution >= 0.6 is 11.8 Å². The van der Waals surface area contributed by atoms with Crippen molar-refractivity contribution >= 4 is 17.5 Å². The summed E-state index contributed by atoms with van der Waals surface area (Å²) in [7, 11) is 0. The van der Waals surface area contributed by atoms with Gasteiger partial charge in [-0.2, -0.15) is 0 Å². The number of ketones is 1. The Balaban J connectivity index is 1.69. The highest BCUT2D eigenvalue weighted by atomic mass is 32.2. The minimum Gasteiger partial charge on any atom is -0.294 e. The Hall–Kier alpha value is -1.54. The Labute approximate surface area is 118 Å². The number of benzene rings is 2. The largest absolute Gasteiger partial charge is 0.294 e. The van der Waals surface area contributed by atoms with Gasteiger partial charge < -0.3 is 0 Å². The summed E-state index contributed by atoms with van der Waals surface area (Å²) in [4.78, 5) is 13.7. The van der Waals surface area contributed by atoms with Crippen LogP contribution in [0.1, 0.15) is 22.3 Å². The summed E-state index contributed by atoms with van der Waals surface area (Å²) in [6, 6.07) is 18.3. The number of Topliss-reactive ketones (excluding diaryl/α,β-unsaturated/α-hetero) is 1. The van der Waals surface area contributed by atoms with E-state index in [1.165, 1.54) is 10.5 Å². The van der Waals surface area contributed by atoms with Crippen molar-refractivity contribution in [2.24, 2.45) is 5.92 Å². The van der Waals surface area contributed by atoms with Crippen LogP contribution in [-0.4, -0.2) is 11.5 Å². The molecule has 0 bridgehead atoms. The summed E-state index contributed by atoms with van der Waals surface area (Å²) < 4.78 is 0. The van der Waals surface area contributed by atoms with Gasteiger partial charge in [-0.05, 0) is 30.5 Å². The third kappa shape index (κ3) is 2.74. The standard InChI is InChI=1S/C17H16OS/c18-17-14(12-19-15-7-2-1-3-8-15)11-10-13-6-4-5-9-16(13)17/h1-9,14H,10-12H2. The van der Waals surface area contributed by atoms with E-state index in [0.29, 0.717) is 5.78 Å². The van der Waals surface area contributed by atoms with Gasteiger partial charge in [0.2, 0.25) is 0 Å². The molecule has 1 aliphatic carbocycles. The van der Waals surface area contributed by atoms with E-state index < -0.39 is 0 Å². The molecule has 0 saturated carbocycles. The summed E-state index contributed by atoms with van der Waals surface area (Å²) in [6.45, 7) is 0. The first-order valence-electron chi connectivity index (χ1n) is 6.64. The van der Waals surface area contributed by atoms with Crippen molar-refractivity contribution < 1.29 is 4.79 Å². The smallest absolute Gasteiger partial charge is 0.167 e. The molecule has 0 N–H and O–H groups in total. The van der Waals surface area contributed by atoms with E-state index in [2.05, 4.69) is 18.2 Å². The number of carbonyl (C=O) groups is 1. The Kier molecular flexibility index (Phi) is 3.69. The first kappa shape index (κ1) is 12.5. The number of aryl methyl sites for hydroxylation is 1. The number of thioether (sulfide) groups is 1. The van der Waals surface area contributed by atoms with Gasteiger partial charge in [-0.15, -0.1) is 11.8 Å². The summed E-state index contributed by atoms with van der Waals surface area (Å²) in [6.07, 6.45) is 2.01. The highest BCUT2D eigenvalue weighted by Gasteiger charge is 2.26. The van der Waals surface area contributed by atoms with E-state index in [9.17, 15) is 4.79 Å². The van der Waals surface area contributed by atoms with Gasteiger partial charge in [0.15, 0.2) is 5.78 Å². The van der Waals surface area contributed by atoms with Crippen LogP contribution in [0, 0.1) is 5.92 Å². The monoisotopic (exact) mass is 268 g/mol. The van der Waals surface area contributed by atoms with Crippen LogP contribution in [0.3, 0.4) is 0 Å². The van der Waals surface area contributed by atoms with Crippen LogP contribution < -0.4 is 0 Å². The van der Waals surface area contributed by atoms with E-state index in [4.69, 9.17) is 0 Å². The lowest BCUT2D eigenvalue weighted by atomic mass is 9.84. The molecule has 0 amide bonds. The third-order valence-electron chi connectivity index (χ3n) is 3.61. The molecule has 0 aliphatic heterocycles. The molecule has 1 aliphatic rings. The van der Waals surface area contributed by atoms with E-state index in [1.807, 2.05) is 36.4 Å². The van der Waals surface area contributed by atoms with Crippen LogP contribution in [0.5, 0.6) is 0 Å². The van der Waals surface area contributed by atoms with Crippen molar-refractivity contribution in [1.82, 2.24) is 0 Å². The van der Waals surface area contributed by atoms with Crippen LogP contribution in [0.4, 0.5) is 0 Å². The fourth-order valence-electron chi connectivity index (χ4n) is 2.53. The Morgan fingerprint density at radius 1 is 1.00 bits per heavy atom. The summed E-state index contributed by atoms with van der Waals surface area (Å²) in [5.74, 6) is 1.38. The number of fused-ring (bicyclic) bond motifs is 1. The second kappa shape index (κ2) is 5.62. The van der Waals surface area contributed by atoms with Crippen LogP contribution in [0.15, 0.2) is 59.5 Å². The predicted octanol–water partition coefficient (Wildman–Crippen LogP) is 4.22. The van der Waals surface area contributed by atoms with Crippen molar-refractivity contribution in [3.8, 4) is 0 Å². The van der Waals surface area contributed by atoms with Crippen LogP contribution in [0.25, 0.3) is 0 Å². The molecular formula is C17H16OS. The zero-order valence-corrected chi connectivity index (χ0v) is 11.5. The fraction of sp³-hybridized carbons (Fsp3) is 0.235. The maximum absolute atomic E-state index is 12.4. The molecule has 0 heterocycles. The van der Waals surface area contributed by atoms with Gasteiger partial charge >= 0.3 is 0 Å². The second-order valence-corrected chi connectivity index (χ2v) is 5.97. The molecule has 2 aromatic rings. The van der Waals surface area contributed by atoms with Gasteiger partial charge in [-0.1, -0.05) is 42.5 Å². The molecule has 0 fully saturated rings. The summed E-state index contributed by atoms with van der Waals surface area (Å²) in [5, 5.41) is 0. The van der Waals surface area contributed by atoms with Crippen molar-refractivity contribution in [2.45, 2.75) is 17.7 Å². The molecular weight excluding hydrogens is 252 g/mol. The van der Waals surface area contributed by atoms with Crippen LogP contribution in [-0.2, 0) is 6.42 Å². The SMILES string of the molecule is O=C1c2ccccc2CCC1CSc1ccccc1. The number of carbonyl (C=O) groups excluding carboxylic acids is 1. The lowest BCUT2D eigenvalue weighted by Gasteiger charge is -2.22. The van der Waals surface area contributed by atoms with E-state index in [0.717, 1.165) is 24.2 Å². The topological polar surface area (TPSA) is 17.1 Å². The molecule has 0 spiro atoms. The van der Waals surface area contributed by atoms with Gasteiger partial charge in [-0.25, -0.2) is 0 Å². The molecule has 19 heavy (non-hydrogen) atoms. The van der Waals surface area contributed by atoms with Gasteiger partial charge in [0.25, 0.3) is 0 Å². The van der Waals surface area contributed by atoms with Gasteiger partial charge in [0.1, 0.15) is 0 Å². The molecule has 1 atom stereocenters. The van der Waals surface area contributed by atoms with E-state index >= 15 is 0 Å². The normalized spacial score (nSPS) is 18.1. The van der Waals surface area contributed by atoms with E-state index in [1.54, 1.807) is 11.8 Å². The summed E-state index contributed by atoms with van der Waals surface area (Å²) in [5.41, 5.74) is 2.15. The molecule has 0 saturated heterocycles. The molecule has 0 aromatic heterocycles. The molecule has 3 rings (SSSR count). The van der Waals surface area contributed by atoms with Crippen molar-refractivity contribution in [3.05, 3.63) is 65.7 Å². The minimum absolute atomic E-state index is 0.167. The molecule has 96 valence electrons. The van der Waals surface area contributed by atoms with Gasteiger partial charge in [-0.3, -0.25) is 4.79 Å². The Morgan fingerprint density at radius 3 is 2.58 bits per heavy atom. The third-order valence-corrected chi connectivity index (χ3v) is 4.78. The molecule has 2 aromatic carbocycles. The highest BCUT2D eigenvalue weighted by Crippen LogP contribution is 2.30. The van der Waals surface area contributed by atoms with E-state index in [-0.39, 0.29) is 5.92 Å². The van der Waals surface area contributed by atoms with Crippen molar-refractivity contribution in [3.63, 3.8) is 0 Å². The number of hydrogen-bond acceptors (Lipinski definition) is 2. The van der Waals surface area contributed by atoms with Gasteiger partial charge in [0.05, 0.1) is 0 Å². The van der Waals surface area contributed by atoms with Crippen molar-refractivity contribution in [2.75, 3.05) is 5.75 Å². The quantitative estimate of drug-likeness (QED) is 0.775. The first-order valence-corrected chi connectivity index (χ1v) is 7.63. The average molecular weight is 268 g/mol. The molecule has 2 heteroatoms. The Bertz CT molecular complexity index is 577. The second-order valence-electron chi connectivity index (χ2n) is 4.88. The Morgan fingerprint density at radius 2 is 1.74 bits per heavy atom. The van der Waals surface area contributed by atoms with Crippen LogP contribution in [0.2, 0.25) is 0 Å². The van der Waals surface area contributed by atoms with Gasteiger partial charge in [0, 0.05) is 22.1 Å². The van der Waals surface area contributed by atoms with Crippen molar-refractivity contribution in [1.29, 1.82) is 0 Å². The average Bonchev–Trinajstić information content (AvgIpc) is 2.48. The fourth-order valence-corrected chi connectivity index (χ4v) is 3.59. The number of rotatable bonds is 3.